The lowest BCUT2D eigenvalue weighted by molar-refractivity contribution is 0.471. The molecule has 0 aliphatic carbocycles. The minimum Gasteiger partial charge on any atom is -0.508 e. The van der Waals surface area contributed by atoms with Gasteiger partial charge in [0.15, 0.2) is 0 Å². The topological polar surface area (TPSA) is 32.3 Å². The highest BCUT2D eigenvalue weighted by Gasteiger charge is 2.08. The van der Waals surface area contributed by atoms with E-state index in [1.165, 1.54) is 9.75 Å². The van der Waals surface area contributed by atoms with Crippen LogP contribution in [0.3, 0.4) is 0 Å². The number of phenolic OH excluding ortho intramolecular Hbond substituents is 1. The van der Waals surface area contributed by atoms with Crippen LogP contribution in [0.2, 0.25) is 0 Å². The molecule has 0 radical (unpaired) electrons. The van der Waals surface area contributed by atoms with Crippen LogP contribution in [0.4, 0.5) is 5.69 Å². The van der Waals surface area contributed by atoms with Crippen molar-refractivity contribution >= 4 is 17.0 Å². The van der Waals surface area contributed by atoms with Crippen LogP contribution in [-0.2, 0) is 0 Å². The molecule has 0 bridgehead atoms. The number of nitrogens with one attached hydrogen (secondary N) is 1. The van der Waals surface area contributed by atoms with Crippen LogP contribution in [0, 0.1) is 13.8 Å². The summed E-state index contributed by atoms with van der Waals surface area (Å²) in [7, 11) is 0. The standard InChI is InChI=1S/C14H17NOS/c1-9-4-6-12(8-13(9)16)15-11(3)14-7-5-10(2)17-14/h4-8,11,15-16H,1-3H3. The lowest BCUT2D eigenvalue weighted by Crippen LogP contribution is -2.04. The van der Waals surface area contributed by atoms with Gasteiger partial charge in [0.25, 0.3) is 0 Å². The van der Waals surface area contributed by atoms with E-state index in [-0.39, 0.29) is 6.04 Å². The first-order valence-electron chi connectivity index (χ1n) is 5.69. The molecule has 1 heterocycles. The summed E-state index contributed by atoms with van der Waals surface area (Å²) in [5.41, 5.74) is 1.85. The summed E-state index contributed by atoms with van der Waals surface area (Å²) in [6.45, 7) is 6.13. The van der Waals surface area contributed by atoms with Crippen molar-refractivity contribution in [2.24, 2.45) is 0 Å². The molecule has 1 aromatic heterocycles. The summed E-state index contributed by atoms with van der Waals surface area (Å²) in [6.07, 6.45) is 0. The fraction of sp³-hybridized carbons (Fsp3) is 0.286. The number of rotatable bonds is 3. The van der Waals surface area contributed by atoms with E-state index in [1.807, 2.05) is 19.1 Å². The zero-order valence-corrected chi connectivity index (χ0v) is 11.1. The summed E-state index contributed by atoms with van der Waals surface area (Å²) in [4.78, 5) is 2.63. The van der Waals surface area contributed by atoms with Crippen LogP contribution < -0.4 is 5.32 Å². The molecule has 0 aliphatic heterocycles. The summed E-state index contributed by atoms with van der Waals surface area (Å²) in [6, 6.07) is 10.2. The van der Waals surface area contributed by atoms with E-state index in [1.54, 1.807) is 17.4 Å². The summed E-state index contributed by atoms with van der Waals surface area (Å²) >= 11 is 1.80. The van der Waals surface area contributed by atoms with Crippen LogP contribution in [0.5, 0.6) is 5.75 Å². The first-order valence-corrected chi connectivity index (χ1v) is 6.50. The molecule has 17 heavy (non-hydrogen) atoms. The highest BCUT2D eigenvalue weighted by Crippen LogP contribution is 2.28. The van der Waals surface area contributed by atoms with Crippen LogP contribution in [0.1, 0.15) is 28.3 Å². The van der Waals surface area contributed by atoms with E-state index in [4.69, 9.17) is 0 Å². The van der Waals surface area contributed by atoms with Gasteiger partial charge in [-0.15, -0.1) is 11.3 Å². The van der Waals surface area contributed by atoms with Crippen LogP contribution >= 0.6 is 11.3 Å². The second-order valence-corrected chi connectivity index (χ2v) is 5.64. The van der Waals surface area contributed by atoms with E-state index < -0.39 is 0 Å². The Morgan fingerprint density at radius 3 is 2.53 bits per heavy atom. The predicted octanol–water partition coefficient (Wildman–Crippen LogP) is 4.24. The Morgan fingerprint density at radius 2 is 1.94 bits per heavy atom. The number of aryl methyl sites for hydroxylation is 2. The normalized spacial score (nSPS) is 12.4. The maximum atomic E-state index is 9.65. The number of aromatic hydroxyl groups is 1. The SMILES string of the molecule is Cc1ccc(C(C)Nc2ccc(C)c(O)c2)s1. The van der Waals surface area contributed by atoms with Crippen molar-refractivity contribution in [3.05, 3.63) is 45.6 Å². The minimum atomic E-state index is 0.260. The fourth-order valence-electron chi connectivity index (χ4n) is 1.71. The van der Waals surface area contributed by atoms with E-state index in [0.29, 0.717) is 5.75 Å². The molecule has 0 saturated carbocycles. The van der Waals surface area contributed by atoms with Gasteiger partial charge in [-0.25, -0.2) is 0 Å². The molecule has 0 amide bonds. The molecule has 2 rings (SSSR count). The van der Waals surface area contributed by atoms with Gasteiger partial charge in [-0.3, -0.25) is 0 Å². The minimum absolute atomic E-state index is 0.260. The van der Waals surface area contributed by atoms with E-state index in [2.05, 4.69) is 31.3 Å². The van der Waals surface area contributed by atoms with Crippen molar-refractivity contribution in [2.75, 3.05) is 5.32 Å². The van der Waals surface area contributed by atoms with Crippen LogP contribution in [-0.4, -0.2) is 5.11 Å². The Labute approximate surface area is 106 Å². The number of anilines is 1. The molecule has 0 aliphatic rings. The van der Waals surface area contributed by atoms with Crippen molar-refractivity contribution in [2.45, 2.75) is 26.8 Å². The third-order valence-corrected chi connectivity index (χ3v) is 3.96. The van der Waals surface area contributed by atoms with Gasteiger partial charge in [-0.2, -0.15) is 0 Å². The molecule has 0 saturated heterocycles. The van der Waals surface area contributed by atoms with Gasteiger partial charge in [0.2, 0.25) is 0 Å². The maximum Gasteiger partial charge on any atom is 0.120 e. The molecule has 2 nitrogen and oxygen atoms in total. The second-order valence-electron chi connectivity index (χ2n) is 4.32. The lowest BCUT2D eigenvalue weighted by Gasteiger charge is -2.14. The molecule has 1 atom stereocenters. The summed E-state index contributed by atoms with van der Waals surface area (Å²) in [5, 5.41) is 13.0. The monoisotopic (exact) mass is 247 g/mol. The summed E-state index contributed by atoms with van der Waals surface area (Å²) < 4.78 is 0. The van der Waals surface area contributed by atoms with Gasteiger partial charge in [0.05, 0.1) is 6.04 Å². The predicted molar refractivity (Wildman–Crippen MR) is 73.9 cm³/mol. The van der Waals surface area contributed by atoms with Gasteiger partial charge in [0.1, 0.15) is 5.75 Å². The zero-order chi connectivity index (χ0) is 12.4. The maximum absolute atomic E-state index is 9.65. The molecular formula is C14H17NOS. The quantitative estimate of drug-likeness (QED) is 0.850. The van der Waals surface area contributed by atoms with Crippen molar-refractivity contribution in [3.8, 4) is 5.75 Å². The number of benzene rings is 1. The first-order chi connectivity index (χ1) is 8.06. The van der Waals surface area contributed by atoms with Gasteiger partial charge in [-0.05, 0) is 44.5 Å². The van der Waals surface area contributed by atoms with Crippen molar-refractivity contribution in [3.63, 3.8) is 0 Å². The van der Waals surface area contributed by atoms with E-state index in [0.717, 1.165) is 11.3 Å². The highest BCUT2D eigenvalue weighted by molar-refractivity contribution is 7.12. The second kappa shape index (κ2) is 4.80. The average molecular weight is 247 g/mol. The Morgan fingerprint density at radius 1 is 1.18 bits per heavy atom. The molecule has 2 N–H and O–H groups in total. The van der Waals surface area contributed by atoms with Gasteiger partial charge >= 0.3 is 0 Å². The Balaban J connectivity index is 2.12. The lowest BCUT2D eigenvalue weighted by atomic mass is 10.2. The molecular weight excluding hydrogens is 230 g/mol. The number of hydrogen-bond acceptors (Lipinski definition) is 3. The van der Waals surface area contributed by atoms with Crippen molar-refractivity contribution < 1.29 is 5.11 Å². The molecule has 1 aromatic carbocycles. The number of hydrogen-bond donors (Lipinski definition) is 2. The third-order valence-electron chi connectivity index (χ3n) is 2.78. The van der Waals surface area contributed by atoms with Gasteiger partial charge in [-0.1, -0.05) is 6.07 Å². The number of thiophene rings is 1. The first kappa shape index (κ1) is 12.0. The largest absolute Gasteiger partial charge is 0.508 e. The smallest absolute Gasteiger partial charge is 0.120 e. The molecule has 1 unspecified atom stereocenters. The Bertz CT molecular complexity index is 519. The Kier molecular flexibility index (Phi) is 3.38. The van der Waals surface area contributed by atoms with Gasteiger partial charge in [0, 0.05) is 21.5 Å². The van der Waals surface area contributed by atoms with Crippen molar-refractivity contribution in [1.82, 2.24) is 0 Å². The molecule has 2 aromatic rings. The highest BCUT2D eigenvalue weighted by atomic mass is 32.1. The van der Waals surface area contributed by atoms with E-state index in [9.17, 15) is 5.11 Å². The van der Waals surface area contributed by atoms with Crippen LogP contribution in [0.25, 0.3) is 0 Å². The summed E-state index contributed by atoms with van der Waals surface area (Å²) in [5.74, 6) is 0.338. The average Bonchev–Trinajstić information content (AvgIpc) is 2.70. The van der Waals surface area contributed by atoms with Gasteiger partial charge < -0.3 is 10.4 Å². The Hall–Kier alpha value is -1.48. The number of phenols is 1. The molecule has 0 fully saturated rings. The zero-order valence-electron chi connectivity index (χ0n) is 10.3. The fourth-order valence-corrected chi connectivity index (χ4v) is 2.59. The van der Waals surface area contributed by atoms with Crippen molar-refractivity contribution in [1.29, 1.82) is 0 Å². The molecule has 3 heteroatoms. The third kappa shape index (κ3) is 2.80. The molecule has 90 valence electrons. The molecule has 0 spiro atoms. The van der Waals surface area contributed by atoms with E-state index >= 15 is 0 Å². The van der Waals surface area contributed by atoms with Crippen LogP contribution in [0.15, 0.2) is 30.3 Å².